The summed E-state index contributed by atoms with van der Waals surface area (Å²) in [7, 11) is 0. The zero-order chi connectivity index (χ0) is 21.9. The van der Waals surface area contributed by atoms with Gasteiger partial charge in [-0.25, -0.2) is 0 Å². The first-order valence-corrected chi connectivity index (χ1v) is 9.74. The van der Waals surface area contributed by atoms with Gasteiger partial charge in [-0.05, 0) is 17.5 Å². The number of aliphatic carboxylic acids is 1. The first kappa shape index (κ1) is 25.6. The molecule has 31 heavy (non-hydrogen) atoms. The molecule has 7 heteroatoms. The third kappa shape index (κ3) is 8.82. The maximum atomic E-state index is 12.7. The predicted octanol–water partition coefficient (Wildman–Crippen LogP) is 2.39. The van der Waals surface area contributed by atoms with Crippen molar-refractivity contribution in [3.8, 4) is 0 Å². The third-order valence-corrected chi connectivity index (χ3v) is 4.63. The number of carboxylic acid groups (broad SMARTS) is 1. The van der Waals surface area contributed by atoms with Crippen LogP contribution in [0.25, 0.3) is 0 Å². The van der Waals surface area contributed by atoms with Crippen LogP contribution >= 0.6 is 0 Å². The number of hydrogen-bond donors (Lipinski definition) is 3. The van der Waals surface area contributed by atoms with Crippen molar-refractivity contribution in [2.75, 3.05) is 0 Å². The standard InChI is InChI=1S/C23H26N2O5.CH4/c1-16(12-17-8-4-2-5-9-17)22(29)25-20(13-18-10-6-3-7-11-18)23(30)24-19(15-26)14-21(27)28;/h2-11,15-16,19-20H,12-14H2,1H3,(H,24,30)(H,25,29)(H,27,28);1H4. The van der Waals surface area contributed by atoms with Gasteiger partial charge in [0.25, 0.3) is 0 Å². The number of carbonyl (C=O) groups is 4. The summed E-state index contributed by atoms with van der Waals surface area (Å²) >= 11 is 0. The van der Waals surface area contributed by atoms with Crippen molar-refractivity contribution in [1.82, 2.24) is 10.6 Å². The molecule has 0 aliphatic heterocycles. The van der Waals surface area contributed by atoms with E-state index in [1.165, 1.54) is 0 Å². The van der Waals surface area contributed by atoms with E-state index in [0.717, 1.165) is 11.1 Å². The van der Waals surface area contributed by atoms with Gasteiger partial charge in [0, 0.05) is 12.3 Å². The van der Waals surface area contributed by atoms with Gasteiger partial charge in [0.1, 0.15) is 12.3 Å². The number of nitrogens with one attached hydrogen (secondary N) is 2. The number of carbonyl (C=O) groups excluding carboxylic acids is 3. The lowest BCUT2D eigenvalue weighted by molar-refractivity contribution is -0.139. The molecule has 3 unspecified atom stereocenters. The van der Waals surface area contributed by atoms with E-state index in [1.54, 1.807) is 6.92 Å². The van der Waals surface area contributed by atoms with Crippen LogP contribution in [0, 0.1) is 5.92 Å². The summed E-state index contributed by atoms with van der Waals surface area (Å²) in [5.41, 5.74) is 1.83. The van der Waals surface area contributed by atoms with Gasteiger partial charge in [0.05, 0.1) is 12.5 Å². The highest BCUT2D eigenvalue weighted by atomic mass is 16.4. The minimum Gasteiger partial charge on any atom is -0.481 e. The molecule has 3 atom stereocenters. The van der Waals surface area contributed by atoms with Crippen LogP contribution in [0.3, 0.4) is 0 Å². The predicted molar refractivity (Wildman–Crippen MR) is 118 cm³/mol. The van der Waals surface area contributed by atoms with Crippen LogP contribution in [0.4, 0.5) is 0 Å². The van der Waals surface area contributed by atoms with Crippen molar-refractivity contribution >= 4 is 24.1 Å². The molecular weight excluding hydrogens is 396 g/mol. The monoisotopic (exact) mass is 426 g/mol. The lowest BCUT2D eigenvalue weighted by atomic mass is 9.99. The Kier molecular flexibility index (Phi) is 10.7. The van der Waals surface area contributed by atoms with Crippen LogP contribution in [0.5, 0.6) is 0 Å². The number of aldehydes is 1. The Morgan fingerprint density at radius 2 is 1.39 bits per heavy atom. The largest absolute Gasteiger partial charge is 0.481 e. The molecule has 3 N–H and O–H groups in total. The van der Waals surface area contributed by atoms with Gasteiger partial charge in [0.15, 0.2) is 0 Å². The summed E-state index contributed by atoms with van der Waals surface area (Å²) in [6, 6.07) is 16.6. The van der Waals surface area contributed by atoms with E-state index in [2.05, 4.69) is 10.6 Å². The fraction of sp³-hybridized carbons (Fsp3) is 0.333. The van der Waals surface area contributed by atoms with Crippen LogP contribution < -0.4 is 10.6 Å². The third-order valence-electron chi connectivity index (χ3n) is 4.63. The fourth-order valence-corrected chi connectivity index (χ4v) is 3.04. The molecule has 7 nitrogen and oxygen atoms in total. The van der Waals surface area contributed by atoms with Crippen molar-refractivity contribution in [1.29, 1.82) is 0 Å². The fourth-order valence-electron chi connectivity index (χ4n) is 3.04. The van der Waals surface area contributed by atoms with Crippen LogP contribution in [0.1, 0.15) is 31.9 Å². The van der Waals surface area contributed by atoms with Crippen molar-refractivity contribution < 1.29 is 24.3 Å². The number of rotatable bonds is 11. The molecule has 2 aromatic rings. The lowest BCUT2D eigenvalue weighted by Gasteiger charge is -2.22. The van der Waals surface area contributed by atoms with E-state index in [-0.39, 0.29) is 25.7 Å². The van der Waals surface area contributed by atoms with E-state index < -0.39 is 30.4 Å². The van der Waals surface area contributed by atoms with Crippen LogP contribution in [-0.4, -0.2) is 41.3 Å². The molecule has 0 heterocycles. The smallest absolute Gasteiger partial charge is 0.305 e. The molecule has 0 saturated heterocycles. The van der Waals surface area contributed by atoms with Gasteiger partial charge in [-0.1, -0.05) is 75.0 Å². The molecule has 0 saturated carbocycles. The zero-order valence-electron chi connectivity index (χ0n) is 16.8. The molecule has 0 fully saturated rings. The normalized spacial score (nSPS) is 13.1. The van der Waals surface area contributed by atoms with Gasteiger partial charge < -0.3 is 20.5 Å². The lowest BCUT2D eigenvalue weighted by Crippen LogP contribution is -2.52. The molecule has 166 valence electrons. The quantitative estimate of drug-likeness (QED) is 0.478. The Balaban J connectivity index is 0.00000480. The summed E-state index contributed by atoms with van der Waals surface area (Å²) in [5.74, 6) is -2.47. The molecule has 2 amide bonds. The molecule has 0 aliphatic rings. The summed E-state index contributed by atoms with van der Waals surface area (Å²) in [6.45, 7) is 1.78. The van der Waals surface area contributed by atoms with Gasteiger partial charge >= 0.3 is 5.97 Å². The molecule has 0 radical (unpaired) electrons. The Hall–Kier alpha value is -3.48. The molecule has 0 bridgehead atoms. The Morgan fingerprint density at radius 3 is 1.87 bits per heavy atom. The van der Waals surface area contributed by atoms with Gasteiger partial charge in [-0.3, -0.25) is 14.4 Å². The van der Waals surface area contributed by atoms with Crippen LogP contribution in [0.15, 0.2) is 60.7 Å². The molecule has 2 rings (SSSR count). The Bertz CT molecular complexity index is 855. The van der Waals surface area contributed by atoms with Gasteiger partial charge in [0.2, 0.25) is 11.8 Å². The van der Waals surface area contributed by atoms with Gasteiger partial charge in [-0.2, -0.15) is 0 Å². The summed E-state index contributed by atoms with van der Waals surface area (Å²) < 4.78 is 0. The SMILES string of the molecule is C.CC(Cc1ccccc1)C(=O)NC(Cc1ccccc1)C(=O)NC(C=O)CC(=O)O. The summed E-state index contributed by atoms with van der Waals surface area (Å²) in [6.07, 6.45) is 0.592. The topological polar surface area (TPSA) is 113 Å². The second kappa shape index (κ2) is 13.0. The van der Waals surface area contributed by atoms with E-state index in [9.17, 15) is 19.2 Å². The maximum Gasteiger partial charge on any atom is 0.305 e. The second-order valence-corrected chi connectivity index (χ2v) is 7.19. The number of amides is 2. The molecule has 0 aliphatic carbocycles. The molecule has 0 aromatic heterocycles. The number of benzene rings is 2. The first-order chi connectivity index (χ1) is 14.4. The van der Waals surface area contributed by atoms with Crippen LogP contribution in [-0.2, 0) is 32.0 Å². The molecular formula is C24H30N2O5. The number of hydrogen-bond acceptors (Lipinski definition) is 4. The van der Waals surface area contributed by atoms with E-state index in [1.807, 2.05) is 60.7 Å². The van der Waals surface area contributed by atoms with Crippen molar-refractivity contribution in [2.45, 2.75) is 45.7 Å². The number of carboxylic acids is 1. The minimum absolute atomic E-state index is 0. The van der Waals surface area contributed by atoms with E-state index in [0.29, 0.717) is 12.7 Å². The van der Waals surface area contributed by atoms with Crippen molar-refractivity contribution in [3.63, 3.8) is 0 Å². The van der Waals surface area contributed by atoms with E-state index in [4.69, 9.17) is 5.11 Å². The van der Waals surface area contributed by atoms with Gasteiger partial charge in [-0.15, -0.1) is 0 Å². The highest BCUT2D eigenvalue weighted by Gasteiger charge is 2.26. The minimum atomic E-state index is -1.20. The highest BCUT2D eigenvalue weighted by molar-refractivity contribution is 5.90. The molecule has 2 aromatic carbocycles. The average molecular weight is 427 g/mol. The average Bonchev–Trinajstić information content (AvgIpc) is 2.73. The Morgan fingerprint density at radius 1 is 0.871 bits per heavy atom. The first-order valence-electron chi connectivity index (χ1n) is 9.74. The Labute approximate surface area is 182 Å². The molecule has 0 spiro atoms. The van der Waals surface area contributed by atoms with Crippen LogP contribution in [0.2, 0.25) is 0 Å². The summed E-state index contributed by atoms with van der Waals surface area (Å²) in [4.78, 5) is 47.5. The van der Waals surface area contributed by atoms with E-state index >= 15 is 0 Å². The van der Waals surface area contributed by atoms with Crippen molar-refractivity contribution in [3.05, 3.63) is 71.8 Å². The highest BCUT2D eigenvalue weighted by Crippen LogP contribution is 2.10. The summed E-state index contributed by atoms with van der Waals surface area (Å²) in [5, 5.41) is 14.0. The zero-order valence-corrected chi connectivity index (χ0v) is 16.8. The van der Waals surface area contributed by atoms with Crippen molar-refractivity contribution in [2.24, 2.45) is 5.92 Å². The maximum absolute atomic E-state index is 12.7. The second-order valence-electron chi connectivity index (χ2n) is 7.19.